The number of alkyl halides is 3. The Kier molecular flexibility index (Phi) is 5.27. The van der Waals surface area contributed by atoms with E-state index in [1.807, 2.05) is 0 Å². The Morgan fingerprint density at radius 1 is 1.50 bits per heavy atom. The number of carboxylic acid groups (broad SMARTS) is 1. The van der Waals surface area contributed by atoms with E-state index >= 15 is 0 Å². The highest BCUT2D eigenvalue weighted by molar-refractivity contribution is 5.66. The molecule has 1 heterocycles. The number of hydrogen-bond donors (Lipinski definition) is 2. The van der Waals surface area contributed by atoms with Crippen molar-refractivity contribution < 1.29 is 23.1 Å². The van der Waals surface area contributed by atoms with Crippen LogP contribution in [0, 0.1) is 0 Å². The molecule has 3 N–H and O–H groups in total. The van der Waals surface area contributed by atoms with Crippen LogP contribution in [0.1, 0.15) is 18.9 Å². The zero-order chi connectivity index (χ0) is 12.8. The molecule has 1 aromatic rings. The summed E-state index contributed by atoms with van der Waals surface area (Å²) in [6.45, 7) is 1.60. The van der Waals surface area contributed by atoms with Crippen LogP contribution in [0.2, 0.25) is 0 Å². The first-order valence-electron chi connectivity index (χ1n) is 4.27. The lowest BCUT2D eigenvalue weighted by Gasteiger charge is -2.04. The minimum Gasteiger partial charge on any atom is -0.481 e. The third kappa shape index (κ3) is 5.84. The number of carboxylic acids is 1. The molecular weight excluding hydrogens is 225 g/mol. The number of rotatable bonds is 1. The predicted molar refractivity (Wildman–Crippen MR) is 51.6 cm³/mol. The average Bonchev–Trinajstić information content (AvgIpc) is 2.17. The SMILES string of the molecule is CCC(=O)O.Nc1cncc(C(F)(F)F)c1. The van der Waals surface area contributed by atoms with Crippen LogP contribution in [0.5, 0.6) is 0 Å². The topological polar surface area (TPSA) is 76.2 Å². The average molecular weight is 236 g/mol. The van der Waals surface area contributed by atoms with Crippen LogP contribution in [-0.2, 0) is 11.0 Å². The van der Waals surface area contributed by atoms with Crippen molar-refractivity contribution in [3.8, 4) is 0 Å². The predicted octanol–water partition coefficient (Wildman–Crippen LogP) is 2.16. The summed E-state index contributed by atoms with van der Waals surface area (Å²) < 4.78 is 35.6. The fourth-order valence-corrected chi connectivity index (χ4v) is 0.613. The van der Waals surface area contributed by atoms with E-state index in [2.05, 4.69) is 4.98 Å². The van der Waals surface area contributed by atoms with E-state index in [1.54, 1.807) is 6.92 Å². The van der Waals surface area contributed by atoms with E-state index in [1.165, 1.54) is 0 Å². The van der Waals surface area contributed by atoms with E-state index in [0.717, 1.165) is 18.5 Å². The second-order valence-electron chi connectivity index (χ2n) is 2.75. The summed E-state index contributed by atoms with van der Waals surface area (Å²) in [5.74, 6) is -0.745. The van der Waals surface area contributed by atoms with Crippen LogP contribution in [-0.4, -0.2) is 16.1 Å². The number of anilines is 1. The second kappa shape index (κ2) is 5.94. The molecule has 0 aromatic carbocycles. The van der Waals surface area contributed by atoms with Crippen LogP contribution >= 0.6 is 0 Å². The van der Waals surface area contributed by atoms with Crippen molar-refractivity contribution in [2.75, 3.05) is 5.73 Å². The third-order valence-electron chi connectivity index (χ3n) is 1.39. The molecule has 0 aliphatic rings. The number of aliphatic carboxylic acids is 1. The fourth-order valence-electron chi connectivity index (χ4n) is 0.613. The number of hydrogen-bond acceptors (Lipinski definition) is 3. The zero-order valence-corrected chi connectivity index (χ0v) is 8.45. The summed E-state index contributed by atoms with van der Waals surface area (Å²) in [6, 6.07) is 0.840. The smallest absolute Gasteiger partial charge is 0.417 e. The quantitative estimate of drug-likeness (QED) is 0.783. The van der Waals surface area contributed by atoms with Gasteiger partial charge in [-0.05, 0) is 6.07 Å². The lowest BCUT2D eigenvalue weighted by Crippen LogP contribution is -2.05. The molecule has 0 spiro atoms. The number of nitrogens with zero attached hydrogens (tertiary/aromatic N) is 1. The van der Waals surface area contributed by atoms with Crippen molar-refractivity contribution in [2.45, 2.75) is 19.5 Å². The zero-order valence-electron chi connectivity index (χ0n) is 8.45. The normalized spacial score (nSPS) is 10.2. The maximum atomic E-state index is 11.9. The Labute approximate surface area is 89.9 Å². The number of carbonyl (C=O) groups is 1. The molecule has 0 radical (unpaired) electrons. The van der Waals surface area contributed by atoms with Gasteiger partial charge in [-0.1, -0.05) is 6.92 Å². The maximum absolute atomic E-state index is 11.9. The van der Waals surface area contributed by atoms with E-state index in [0.29, 0.717) is 0 Å². The van der Waals surface area contributed by atoms with E-state index < -0.39 is 17.7 Å². The number of nitrogen functional groups attached to an aromatic ring is 1. The molecule has 0 saturated carbocycles. The van der Waals surface area contributed by atoms with Gasteiger partial charge >= 0.3 is 12.1 Å². The molecule has 0 atom stereocenters. The van der Waals surface area contributed by atoms with E-state index in [4.69, 9.17) is 10.8 Å². The minimum absolute atomic E-state index is 0.0137. The summed E-state index contributed by atoms with van der Waals surface area (Å²) in [6.07, 6.45) is -2.24. The molecule has 0 saturated heterocycles. The fraction of sp³-hybridized carbons (Fsp3) is 0.333. The van der Waals surface area contributed by atoms with Crippen molar-refractivity contribution >= 4 is 11.7 Å². The molecule has 1 aromatic heterocycles. The van der Waals surface area contributed by atoms with Crippen LogP contribution in [0.15, 0.2) is 18.5 Å². The van der Waals surface area contributed by atoms with Crippen molar-refractivity contribution in [1.82, 2.24) is 4.98 Å². The van der Waals surface area contributed by atoms with Gasteiger partial charge in [0, 0.05) is 18.8 Å². The summed E-state index contributed by atoms with van der Waals surface area (Å²) in [7, 11) is 0. The summed E-state index contributed by atoms with van der Waals surface area (Å²) in [5.41, 5.74) is 4.28. The molecule has 4 nitrogen and oxygen atoms in total. The van der Waals surface area contributed by atoms with Crippen molar-refractivity contribution in [3.63, 3.8) is 0 Å². The maximum Gasteiger partial charge on any atom is 0.417 e. The van der Waals surface area contributed by atoms with Crippen LogP contribution < -0.4 is 5.73 Å². The molecule has 0 bridgehead atoms. The van der Waals surface area contributed by atoms with Gasteiger partial charge in [0.2, 0.25) is 0 Å². The van der Waals surface area contributed by atoms with Crippen LogP contribution in [0.4, 0.5) is 18.9 Å². The van der Waals surface area contributed by atoms with E-state index in [-0.39, 0.29) is 12.1 Å². The molecule has 90 valence electrons. The highest BCUT2D eigenvalue weighted by Gasteiger charge is 2.30. The van der Waals surface area contributed by atoms with Gasteiger partial charge in [0.25, 0.3) is 0 Å². The lowest BCUT2D eigenvalue weighted by molar-refractivity contribution is -0.138. The second-order valence-corrected chi connectivity index (χ2v) is 2.75. The largest absolute Gasteiger partial charge is 0.481 e. The molecule has 0 aliphatic carbocycles. The highest BCUT2D eigenvalue weighted by Crippen LogP contribution is 2.29. The Balaban J connectivity index is 0.000000385. The van der Waals surface area contributed by atoms with Gasteiger partial charge in [0.1, 0.15) is 0 Å². The Bertz CT molecular complexity index is 353. The van der Waals surface area contributed by atoms with Gasteiger partial charge in [-0.25, -0.2) is 0 Å². The number of pyridine rings is 1. The van der Waals surface area contributed by atoms with Crippen LogP contribution in [0.3, 0.4) is 0 Å². The molecule has 16 heavy (non-hydrogen) atoms. The number of aromatic nitrogens is 1. The molecule has 0 amide bonds. The Morgan fingerprint density at radius 2 is 2.00 bits per heavy atom. The molecule has 0 fully saturated rings. The third-order valence-corrected chi connectivity index (χ3v) is 1.39. The van der Waals surface area contributed by atoms with Gasteiger partial charge in [0.15, 0.2) is 0 Å². The van der Waals surface area contributed by atoms with Crippen molar-refractivity contribution in [3.05, 3.63) is 24.0 Å². The van der Waals surface area contributed by atoms with Gasteiger partial charge in [0.05, 0.1) is 11.3 Å². The molecule has 7 heteroatoms. The number of halogens is 3. The molecule has 0 unspecified atom stereocenters. The Morgan fingerprint density at radius 3 is 2.25 bits per heavy atom. The van der Waals surface area contributed by atoms with Gasteiger partial charge in [-0.15, -0.1) is 0 Å². The van der Waals surface area contributed by atoms with Gasteiger partial charge in [-0.2, -0.15) is 13.2 Å². The highest BCUT2D eigenvalue weighted by atomic mass is 19.4. The van der Waals surface area contributed by atoms with Crippen LogP contribution in [0.25, 0.3) is 0 Å². The van der Waals surface area contributed by atoms with Crippen molar-refractivity contribution in [2.24, 2.45) is 0 Å². The lowest BCUT2D eigenvalue weighted by atomic mass is 10.2. The standard InChI is InChI=1S/C6H5F3N2.C3H6O2/c7-6(8,9)4-1-5(10)3-11-2-4;1-2-3(4)5/h1-3H,10H2;2H2,1H3,(H,4,5). The van der Waals surface area contributed by atoms with E-state index in [9.17, 15) is 18.0 Å². The first kappa shape index (κ1) is 14.2. The molecule has 0 aliphatic heterocycles. The Hall–Kier alpha value is -1.79. The first-order valence-corrected chi connectivity index (χ1v) is 4.27. The molecular formula is C9H11F3N2O2. The summed E-state index contributed by atoms with van der Waals surface area (Å²) in [4.78, 5) is 12.7. The van der Waals surface area contributed by atoms with Gasteiger partial charge < -0.3 is 10.8 Å². The number of nitrogens with two attached hydrogens (primary N) is 1. The minimum atomic E-state index is -4.36. The first-order chi connectivity index (χ1) is 7.27. The van der Waals surface area contributed by atoms with Gasteiger partial charge in [-0.3, -0.25) is 9.78 Å². The monoisotopic (exact) mass is 236 g/mol. The summed E-state index contributed by atoms with van der Waals surface area (Å²) >= 11 is 0. The summed E-state index contributed by atoms with van der Waals surface area (Å²) in [5, 5.41) is 7.72. The van der Waals surface area contributed by atoms with Crippen molar-refractivity contribution in [1.29, 1.82) is 0 Å². The molecule has 1 rings (SSSR count).